The molecule has 11 heteroatoms. The van der Waals surface area contributed by atoms with Crippen molar-refractivity contribution in [3.63, 3.8) is 0 Å². The lowest BCUT2D eigenvalue weighted by atomic mass is 9.87. The van der Waals surface area contributed by atoms with Crippen molar-refractivity contribution in [1.82, 2.24) is 19.7 Å². The van der Waals surface area contributed by atoms with E-state index in [1.165, 1.54) is 19.4 Å². The summed E-state index contributed by atoms with van der Waals surface area (Å²) >= 11 is 0. The number of rotatable bonds is 7. The van der Waals surface area contributed by atoms with Gasteiger partial charge in [0.2, 0.25) is 5.82 Å². The van der Waals surface area contributed by atoms with E-state index in [1.807, 2.05) is 49.7 Å². The van der Waals surface area contributed by atoms with Crippen LogP contribution in [-0.2, 0) is 29.4 Å². The number of benzene rings is 2. The van der Waals surface area contributed by atoms with Gasteiger partial charge < -0.3 is 29.3 Å². The van der Waals surface area contributed by atoms with E-state index in [-0.39, 0.29) is 12.3 Å². The number of anilines is 1. The topological polar surface area (TPSA) is 128 Å². The number of carbonyl (C=O) groups excluding carboxylic acids is 1. The maximum absolute atomic E-state index is 15.5. The zero-order chi connectivity index (χ0) is 30.4. The summed E-state index contributed by atoms with van der Waals surface area (Å²) in [6.07, 6.45) is 2.73. The Kier molecular flexibility index (Phi) is 7.17. The zero-order valence-electron chi connectivity index (χ0n) is 24.6. The van der Waals surface area contributed by atoms with E-state index in [0.29, 0.717) is 74.8 Å². The molecule has 5 aromatic rings. The number of nitrogens with one attached hydrogen (secondary N) is 2. The summed E-state index contributed by atoms with van der Waals surface area (Å²) in [6.45, 7) is 4.27. The van der Waals surface area contributed by atoms with Crippen molar-refractivity contribution >= 4 is 28.9 Å². The van der Waals surface area contributed by atoms with Crippen LogP contribution in [0.3, 0.4) is 0 Å². The number of methoxy groups -OCH3 is 1. The lowest BCUT2D eigenvalue weighted by Gasteiger charge is -2.23. The number of fused-ring (bicyclic) bond motifs is 2. The van der Waals surface area contributed by atoms with E-state index >= 15 is 4.39 Å². The first-order valence-corrected chi connectivity index (χ1v) is 13.9. The van der Waals surface area contributed by atoms with Crippen LogP contribution in [0.2, 0.25) is 0 Å². The van der Waals surface area contributed by atoms with Crippen LogP contribution in [0, 0.1) is 25.1 Å². The van der Waals surface area contributed by atoms with Gasteiger partial charge in [0.1, 0.15) is 11.3 Å². The summed E-state index contributed by atoms with van der Waals surface area (Å²) in [5.74, 6) is 0.0772. The first kappa shape index (κ1) is 28.1. The van der Waals surface area contributed by atoms with E-state index in [0.717, 1.165) is 23.2 Å². The highest BCUT2D eigenvalue weighted by Crippen LogP contribution is 2.43. The van der Waals surface area contributed by atoms with Gasteiger partial charge in [0.15, 0.2) is 11.6 Å². The van der Waals surface area contributed by atoms with Crippen LogP contribution in [-0.4, -0.2) is 52.6 Å². The van der Waals surface area contributed by atoms with Crippen molar-refractivity contribution in [2.75, 3.05) is 26.1 Å². The van der Waals surface area contributed by atoms with Gasteiger partial charge in [-0.15, -0.1) is 0 Å². The van der Waals surface area contributed by atoms with E-state index in [2.05, 4.69) is 15.5 Å². The Bertz CT molecular complexity index is 1930. The molecule has 4 heterocycles. The van der Waals surface area contributed by atoms with E-state index < -0.39 is 11.8 Å². The lowest BCUT2D eigenvalue weighted by Crippen LogP contribution is -2.13. The smallest absolute Gasteiger partial charge is 0.310 e. The molecule has 0 radical (unpaired) electrons. The van der Waals surface area contributed by atoms with Gasteiger partial charge in [-0.3, -0.25) is 4.79 Å². The van der Waals surface area contributed by atoms with Crippen LogP contribution in [0.5, 0.6) is 5.75 Å². The molecule has 0 bridgehead atoms. The summed E-state index contributed by atoms with van der Waals surface area (Å²) in [7, 11) is 4.99. The SMILES string of the molecule is CNc1ccc(-c2noc(-c3cc4c(-c5cc(F)c6c(c5C)CCCO6)c(CC(=O)OC)c(C)nc4n3C)n2)cc1C=N. The Morgan fingerprint density at radius 1 is 1.23 bits per heavy atom. The van der Waals surface area contributed by atoms with E-state index in [4.69, 9.17) is 24.4 Å². The second kappa shape index (κ2) is 11.0. The second-order valence-corrected chi connectivity index (χ2v) is 10.5. The number of ether oxygens (including phenoxy) is 2. The molecule has 0 unspecified atom stereocenters. The fourth-order valence-corrected chi connectivity index (χ4v) is 5.84. The maximum Gasteiger partial charge on any atom is 0.310 e. The number of halogens is 1. The van der Waals surface area contributed by atoms with Crippen molar-refractivity contribution in [3.8, 4) is 39.8 Å². The van der Waals surface area contributed by atoms with Crippen LogP contribution >= 0.6 is 0 Å². The van der Waals surface area contributed by atoms with Gasteiger partial charge in [0, 0.05) is 53.8 Å². The largest absolute Gasteiger partial charge is 0.490 e. The molecule has 220 valence electrons. The molecule has 1 aliphatic heterocycles. The van der Waals surface area contributed by atoms with Crippen molar-refractivity contribution < 1.29 is 23.2 Å². The van der Waals surface area contributed by atoms with Gasteiger partial charge in [-0.25, -0.2) is 9.37 Å². The number of nitrogens with zero attached hydrogens (tertiary/aromatic N) is 4. The minimum Gasteiger partial charge on any atom is -0.490 e. The molecule has 1 aliphatic rings. The molecule has 2 N–H and O–H groups in total. The zero-order valence-corrected chi connectivity index (χ0v) is 24.6. The number of carbonyl (C=O) groups is 1. The molecule has 43 heavy (non-hydrogen) atoms. The molecule has 0 saturated heterocycles. The summed E-state index contributed by atoms with van der Waals surface area (Å²) in [5, 5.41) is 15.7. The average molecular weight is 583 g/mol. The fourth-order valence-electron chi connectivity index (χ4n) is 5.84. The Morgan fingerprint density at radius 3 is 2.79 bits per heavy atom. The van der Waals surface area contributed by atoms with Gasteiger partial charge >= 0.3 is 5.97 Å². The Labute approximate surface area is 247 Å². The molecule has 6 rings (SSSR count). The summed E-state index contributed by atoms with van der Waals surface area (Å²) < 4.78 is 33.8. The standard InChI is InChI=1S/C32H31FN6O4/c1-16-20-7-6-10-42-29(20)24(33)12-21(16)28-22(14-27(40)41-5)17(2)36-31-23(28)13-26(39(31)4)32-37-30(38-43-32)18-8-9-25(35-3)19(11-18)15-34/h8-9,11-13,15,34-35H,6-7,10,14H2,1-5H3. The third-order valence-corrected chi connectivity index (χ3v) is 8.12. The molecule has 0 aliphatic carbocycles. The van der Waals surface area contributed by atoms with Gasteiger partial charge in [-0.2, -0.15) is 4.98 Å². The number of pyridine rings is 1. The Hall–Kier alpha value is -5.06. The molecular weight excluding hydrogens is 551 g/mol. The van der Waals surface area contributed by atoms with Crippen molar-refractivity contribution in [3.05, 3.63) is 64.1 Å². The highest BCUT2D eigenvalue weighted by Gasteiger charge is 2.27. The Morgan fingerprint density at radius 2 is 2.05 bits per heavy atom. The highest BCUT2D eigenvalue weighted by atomic mass is 19.1. The van der Waals surface area contributed by atoms with E-state index in [9.17, 15) is 4.79 Å². The molecule has 0 spiro atoms. The number of hydrogen-bond acceptors (Lipinski definition) is 9. The maximum atomic E-state index is 15.5. The van der Waals surface area contributed by atoms with Crippen LogP contribution in [0.4, 0.5) is 10.1 Å². The highest BCUT2D eigenvalue weighted by molar-refractivity contribution is 6.00. The van der Waals surface area contributed by atoms with Crippen molar-refractivity contribution in [2.45, 2.75) is 33.1 Å². The fraction of sp³-hybridized carbons (Fsp3) is 0.281. The Balaban J connectivity index is 1.56. The molecule has 3 aromatic heterocycles. The van der Waals surface area contributed by atoms with Gasteiger partial charge in [-0.1, -0.05) is 5.16 Å². The number of esters is 1. The third kappa shape index (κ3) is 4.70. The summed E-state index contributed by atoms with van der Waals surface area (Å²) in [5.41, 5.74) is 7.82. The number of aryl methyl sites for hydroxylation is 2. The predicted molar refractivity (Wildman–Crippen MR) is 161 cm³/mol. The predicted octanol–water partition coefficient (Wildman–Crippen LogP) is 5.79. The lowest BCUT2D eigenvalue weighted by molar-refractivity contribution is -0.139. The molecule has 2 aromatic carbocycles. The first-order valence-electron chi connectivity index (χ1n) is 13.9. The molecule has 0 fully saturated rings. The van der Waals surface area contributed by atoms with Crippen molar-refractivity contribution in [2.24, 2.45) is 7.05 Å². The van der Waals surface area contributed by atoms with Crippen molar-refractivity contribution in [1.29, 1.82) is 5.41 Å². The van der Waals surface area contributed by atoms with Crippen LogP contribution in [0.25, 0.3) is 45.1 Å². The van der Waals surface area contributed by atoms with Gasteiger partial charge in [-0.05, 0) is 79.3 Å². The normalized spacial score (nSPS) is 12.6. The summed E-state index contributed by atoms with van der Waals surface area (Å²) in [6, 6.07) is 8.90. The minimum atomic E-state index is -0.437. The van der Waals surface area contributed by atoms with Crippen LogP contribution in [0.1, 0.15) is 34.4 Å². The number of aromatic nitrogens is 4. The molecule has 0 atom stereocenters. The second-order valence-electron chi connectivity index (χ2n) is 10.5. The van der Waals surface area contributed by atoms with Crippen LogP contribution in [0.15, 0.2) is 34.9 Å². The molecule has 0 saturated carbocycles. The molecule has 10 nitrogen and oxygen atoms in total. The van der Waals surface area contributed by atoms with Gasteiger partial charge in [0.25, 0.3) is 5.89 Å². The summed E-state index contributed by atoms with van der Waals surface area (Å²) in [4.78, 5) is 22.1. The number of hydrogen-bond donors (Lipinski definition) is 2. The molecule has 0 amide bonds. The third-order valence-electron chi connectivity index (χ3n) is 8.12. The van der Waals surface area contributed by atoms with E-state index in [1.54, 1.807) is 7.05 Å². The quantitative estimate of drug-likeness (QED) is 0.182. The molecular formula is C32H31FN6O4. The minimum absolute atomic E-state index is 0.0256. The first-order chi connectivity index (χ1) is 20.7. The van der Waals surface area contributed by atoms with Gasteiger partial charge in [0.05, 0.1) is 20.1 Å². The average Bonchev–Trinajstić information content (AvgIpc) is 3.64. The monoisotopic (exact) mass is 582 g/mol. The van der Waals surface area contributed by atoms with Crippen LogP contribution < -0.4 is 10.1 Å².